The van der Waals surface area contributed by atoms with Crippen LogP contribution in [-0.2, 0) is 6.42 Å². The Labute approximate surface area is 108 Å². The van der Waals surface area contributed by atoms with Crippen LogP contribution in [0.15, 0.2) is 36.7 Å². The number of pyridine rings is 2. The zero-order valence-electron chi connectivity index (χ0n) is 10.8. The molecule has 0 aliphatic rings. The highest BCUT2D eigenvalue weighted by atomic mass is 14.8. The van der Waals surface area contributed by atoms with E-state index in [2.05, 4.69) is 35.1 Å². The molecule has 2 rings (SSSR count). The molecule has 0 unspecified atom stereocenters. The van der Waals surface area contributed by atoms with Gasteiger partial charge in [-0.2, -0.15) is 0 Å². The Balaban J connectivity index is 2.16. The topological polar surface area (TPSA) is 51.8 Å². The summed E-state index contributed by atoms with van der Waals surface area (Å²) in [5.41, 5.74) is 9.90. The Kier molecular flexibility index (Phi) is 4.42. The monoisotopic (exact) mass is 241 g/mol. The zero-order valence-corrected chi connectivity index (χ0v) is 10.8. The number of unbranched alkanes of at least 4 members (excludes halogenated alkanes) is 1. The average molecular weight is 241 g/mol. The number of nitrogens with zero attached hydrogens (tertiary/aromatic N) is 2. The summed E-state index contributed by atoms with van der Waals surface area (Å²) in [5.74, 6) is 0. The van der Waals surface area contributed by atoms with Crippen molar-refractivity contribution in [2.75, 3.05) is 6.54 Å². The Morgan fingerprint density at radius 3 is 2.44 bits per heavy atom. The summed E-state index contributed by atoms with van der Waals surface area (Å²) < 4.78 is 0. The number of nitrogens with two attached hydrogens (primary N) is 1. The van der Waals surface area contributed by atoms with Gasteiger partial charge in [0.25, 0.3) is 0 Å². The largest absolute Gasteiger partial charge is 0.330 e. The highest BCUT2D eigenvalue weighted by molar-refractivity contribution is 5.55. The highest BCUT2D eigenvalue weighted by Crippen LogP contribution is 2.17. The van der Waals surface area contributed by atoms with E-state index in [-0.39, 0.29) is 0 Å². The predicted molar refractivity (Wildman–Crippen MR) is 74.2 cm³/mol. The average Bonchev–Trinajstić information content (AvgIpc) is 2.39. The van der Waals surface area contributed by atoms with Crippen LogP contribution in [0.25, 0.3) is 11.4 Å². The number of hydrogen-bond acceptors (Lipinski definition) is 3. The molecule has 0 aromatic carbocycles. The van der Waals surface area contributed by atoms with E-state index in [1.807, 2.05) is 18.5 Å². The third kappa shape index (κ3) is 3.37. The molecule has 2 aromatic rings. The van der Waals surface area contributed by atoms with E-state index in [0.29, 0.717) is 0 Å². The van der Waals surface area contributed by atoms with Crippen LogP contribution in [-0.4, -0.2) is 16.5 Å². The van der Waals surface area contributed by atoms with Crippen molar-refractivity contribution < 1.29 is 0 Å². The molecule has 2 N–H and O–H groups in total. The Morgan fingerprint density at radius 1 is 1.00 bits per heavy atom. The molecule has 0 fully saturated rings. The van der Waals surface area contributed by atoms with Gasteiger partial charge in [-0.1, -0.05) is 0 Å². The minimum atomic E-state index is 0.761. The van der Waals surface area contributed by atoms with Gasteiger partial charge in [0.1, 0.15) is 0 Å². The standard InChI is InChI=1S/C15H19N3/c1-12-5-8-17-14(10-12)15-11-13(6-9-18-15)4-2-3-7-16/h5-6,8-11H,2-4,7,16H2,1H3. The molecule has 18 heavy (non-hydrogen) atoms. The molecule has 0 radical (unpaired) electrons. The smallest absolute Gasteiger partial charge is 0.0888 e. The van der Waals surface area contributed by atoms with Crippen molar-refractivity contribution in [3.63, 3.8) is 0 Å². The lowest BCUT2D eigenvalue weighted by atomic mass is 10.1. The molecule has 94 valence electrons. The van der Waals surface area contributed by atoms with Gasteiger partial charge >= 0.3 is 0 Å². The lowest BCUT2D eigenvalue weighted by Gasteiger charge is -2.04. The summed E-state index contributed by atoms with van der Waals surface area (Å²) in [6.45, 7) is 2.83. The fourth-order valence-electron chi connectivity index (χ4n) is 1.92. The lowest BCUT2D eigenvalue weighted by Crippen LogP contribution is -1.99. The molecule has 0 atom stereocenters. The van der Waals surface area contributed by atoms with E-state index in [1.54, 1.807) is 0 Å². The second-order valence-corrected chi connectivity index (χ2v) is 4.51. The second kappa shape index (κ2) is 6.26. The summed E-state index contributed by atoms with van der Waals surface area (Å²) in [7, 11) is 0. The molecular formula is C15H19N3. The molecule has 0 saturated heterocycles. The van der Waals surface area contributed by atoms with Gasteiger partial charge in [-0.25, -0.2) is 0 Å². The molecule has 3 heteroatoms. The Bertz CT molecular complexity index is 509. The first kappa shape index (κ1) is 12.7. The molecule has 0 amide bonds. The third-order valence-corrected chi connectivity index (χ3v) is 2.92. The van der Waals surface area contributed by atoms with Gasteiger partial charge in [-0.15, -0.1) is 0 Å². The Morgan fingerprint density at radius 2 is 1.72 bits per heavy atom. The number of hydrogen-bond donors (Lipinski definition) is 1. The van der Waals surface area contributed by atoms with Crippen molar-refractivity contribution in [3.8, 4) is 11.4 Å². The fraction of sp³-hybridized carbons (Fsp3) is 0.333. The van der Waals surface area contributed by atoms with Gasteiger partial charge in [0.05, 0.1) is 11.4 Å². The maximum Gasteiger partial charge on any atom is 0.0888 e. The first-order valence-electron chi connectivity index (χ1n) is 6.37. The van der Waals surface area contributed by atoms with Crippen molar-refractivity contribution in [1.82, 2.24) is 9.97 Å². The molecule has 2 aromatic heterocycles. The summed E-state index contributed by atoms with van der Waals surface area (Å²) >= 11 is 0. The van der Waals surface area contributed by atoms with Crippen LogP contribution >= 0.6 is 0 Å². The summed E-state index contributed by atoms with van der Waals surface area (Å²) in [6, 6.07) is 8.24. The maximum atomic E-state index is 5.51. The van der Waals surface area contributed by atoms with Crippen LogP contribution in [0.5, 0.6) is 0 Å². The summed E-state index contributed by atoms with van der Waals surface area (Å²) in [4.78, 5) is 8.76. The lowest BCUT2D eigenvalue weighted by molar-refractivity contribution is 0.744. The van der Waals surface area contributed by atoms with E-state index < -0.39 is 0 Å². The van der Waals surface area contributed by atoms with E-state index in [1.165, 1.54) is 11.1 Å². The minimum absolute atomic E-state index is 0.761. The van der Waals surface area contributed by atoms with Gasteiger partial charge in [0.2, 0.25) is 0 Å². The van der Waals surface area contributed by atoms with Crippen LogP contribution in [0, 0.1) is 6.92 Å². The number of aryl methyl sites for hydroxylation is 2. The van der Waals surface area contributed by atoms with Gasteiger partial charge in [0, 0.05) is 12.4 Å². The fourth-order valence-corrected chi connectivity index (χ4v) is 1.92. The van der Waals surface area contributed by atoms with Crippen molar-refractivity contribution >= 4 is 0 Å². The van der Waals surface area contributed by atoms with Crippen LogP contribution in [0.2, 0.25) is 0 Å². The van der Waals surface area contributed by atoms with Gasteiger partial charge in [0.15, 0.2) is 0 Å². The van der Waals surface area contributed by atoms with Gasteiger partial charge < -0.3 is 5.73 Å². The molecular weight excluding hydrogens is 222 g/mol. The Hall–Kier alpha value is -1.74. The van der Waals surface area contributed by atoms with Crippen LogP contribution in [0.1, 0.15) is 24.0 Å². The maximum absolute atomic E-state index is 5.51. The predicted octanol–water partition coefficient (Wildman–Crippen LogP) is 2.73. The van der Waals surface area contributed by atoms with E-state index in [9.17, 15) is 0 Å². The molecule has 2 heterocycles. The van der Waals surface area contributed by atoms with Crippen LogP contribution < -0.4 is 5.73 Å². The van der Waals surface area contributed by atoms with Gasteiger partial charge in [-0.05, 0) is 68.1 Å². The highest BCUT2D eigenvalue weighted by Gasteiger charge is 2.02. The third-order valence-electron chi connectivity index (χ3n) is 2.92. The summed E-state index contributed by atoms with van der Waals surface area (Å²) in [6.07, 6.45) is 6.94. The number of aromatic nitrogens is 2. The molecule has 0 saturated carbocycles. The molecule has 0 spiro atoms. The van der Waals surface area contributed by atoms with Gasteiger partial charge in [-0.3, -0.25) is 9.97 Å². The first-order valence-corrected chi connectivity index (χ1v) is 6.37. The zero-order chi connectivity index (χ0) is 12.8. The minimum Gasteiger partial charge on any atom is -0.330 e. The quantitative estimate of drug-likeness (QED) is 0.819. The van der Waals surface area contributed by atoms with Crippen molar-refractivity contribution in [2.24, 2.45) is 5.73 Å². The van der Waals surface area contributed by atoms with E-state index >= 15 is 0 Å². The van der Waals surface area contributed by atoms with E-state index in [0.717, 1.165) is 37.2 Å². The summed E-state index contributed by atoms with van der Waals surface area (Å²) in [5, 5.41) is 0. The van der Waals surface area contributed by atoms with Crippen LogP contribution in [0.3, 0.4) is 0 Å². The van der Waals surface area contributed by atoms with Crippen molar-refractivity contribution in [2.45, 2.75) is 26.2 Å². The van der Waals surface area contributed by atoms with Crippen molar-refractivity contribution in [1.29, 1.82) is 0 Å². The van der Waals surface area contributed by atoms with E-state index in [4.69, 9.17) is 5.73 Å². The number of rotatable bonds is 5. The van der Waals surface area contributed by atoms with Crippen LogP contribution in [0.4, 0.5) is 0 Å². The first-order chi connectivity index (χ1) is 8.79. The molecule has 0 bridgehead atoms. The van der Waals surface area contributed by atoms with Crippen molar-refractivity contribution in [3.05, 3.63) is 47.8 Å². The second-order valence-electron chi connectivity index (χ2n) is 4.51. The SMILES string of the molecule is Cc1ccnc(-c2cc(CCCCN)ccn2)c1. The molecule has 0 aliphatic heterocycles. The molecule has 0 aliphatic carbocycles. The normalized spacial score (nSPS) is 10.6. The molecule has 3 nitrogen and oxygen atoms in total.